The molecule has 2 aliphatic carbocycles. The number of hydrogen-bond acceptors (Lipinski definition) is 1. The lowest BCUT2D eigenvalue weighted by Gasteiger charge is -2.45. The van der Waals surface area contributed by atoms with Crippen molar-refractivity contribution in [3.63, 3.8) is 0 Å². The molecule has 0 spiro atoms. The second kappa shape index (κ2) is 5.85. The van der Waals surface area contributed by atoms with Crippen molar-refractivity contribution >= 4 is 23.2 Å². The summed E-state index contributed by atoms with van der Waals surface area (Å²) >= 11 is 12.7. The molecule has 0 aromatic carbocycles. The maximum absolute atomic E-state index is 14.3. The summed E-state index contributed by atoms with van der Waals surface area (Å²) in [5.74, 6) is -0.156. The van der Waals surface area contributed by atoms with E-state index in [9.17, 15) is 4.39 Å². The van der Waals surface area contributed by atoms with E-state index in [1.54, 1.807) is 0 Å². The minimum absolute atomic E-state index is 0.0930. The monoisotopic (exact) mass is 295 g/mol. The lowest BCUT2D eigenvalue weighted by Crippen LogP contribution is -2.55. The van der Waals surface area contributed by atoms with Gasteiger partial charge in [-0.3, -0.25) is 0 Å². The summed E-state index contributed by atoms with van der Waals surface area (Å²) in [6.07, 6.45) is 5.25. The fourth-order valence-electron chi connectivity index (χ4n) is 4.00. The highest BCUT2D eigenvalue weighted by molar-refractivity contribution is 6.30. The molecule has 4 unspecified atom stereocenters. The molecule has 0 saturated heterocycles. The summed E-state index contributed by atoms with van der Waals surface area (Å²) in [7, 11) is 1.93. The predicted octanol–water partition coefficient (Wildman–Crippen LogP) is 4.12. The van der Waals surface area contributed by atoms with Crippen LogP contribution < -0.4 is 5.32 Å². The second-order valence-corrected chi connectivity index (χ2v) is 7.32. The molecule has 2 rings (SSSR count). The summed E-state index contributed by atoms with van der Waals surface area (Å²) in [6.45, 7) is 2.27. The Balaban J connectivity index is 2.19. The van der Waals surface area contributed by atoms with Gasteiger partial charge in [-0.2, -0.15) is 0 Å². The molecule has 2 saturated carbocycles. The number of hydrogen-bond donors (Lipinski definition) is 1. The quantitative estimate of drug-likeness (QED) is 0.773. The number of alkyl halides is 3. The first-order valence-electron chi connectivity index (χ1n) is 7.09. The van der Waals surface area contributed by atoms with E-state index in [1.165, 1.54) is 12.8 Å². The first-order valence-corrected chi connectivity index (χ1v) is 7.96. The van der Waals surface area contributed by atoms with Gasteiger partial charge in [-0.1, -0.05) is 19.8 Å². The van der Waals surface area contributed by atoms with E-state index >= 15 is 0 Å². The Labute approximate surface area is 120 Å². The maximum atomic E-state index is 14.3. The van der Waals surface area contributed by atoms with Gasteiger partial charge in [0.25, 0.3) is 0 Å². The number of nitrogens with one attached hydrogen (secondary N) is 1. The van der Waals surface area contributed by atoms with Gasteiger partial charge in [0.15, 0.2) is 0 Å². The molecule has 0 bridgehead atoms. The van der Waals surface area contributed by atoms with Gasteiger partial charge in [0.05, 0.1) is 10.8 Å². The minimum atomic E-state index is -0.822. The first-order chi connectivity index (χ1) is 8.49. The summed E-state index contributed by atoms with van der Waals surface area (Å²) in [5.41, 5.74) is 0.171. The zero-order valence-electron chi connectivity index (χ0n) is 11.3. The largest absolute Gasteiger partial charge is 0.316 e. The van der Waals surface area contributed by atoms with Gasteiger partial charge in [-0.15, -0.1) is 23.2 Å². The third-order valence-corrected chi connectivity index (χ3v) is 6.26. The molecule has 0 aliphatic heterocycles. The molecule has 0 amide bonds. The highest BCUT2D eigenvalue weighted by atomic mass is 35.5. The minimum Gasteiger partial charge on any atom is -0.316 e. The Morgan fingerprint density at radius 1 is 1.22 bits per heavy atom. The number of halogens is 3. The van der Waals surface area contributed by atoms with Crippen molar-refractivity contribution in [1.29, 1.82) is 0 Å². The Morgan fingerprint density at radius 2 is 1.83 bits per heavy atom. The van der Waals surface area contributed by atoms with E-state index in [0.29, 0.717) is 12.8 Å². The Kier molecular flexibility index (Phi) is 4.83. The molecule has 2 aliphatic rings. The fourth-order valence-corrected chi connectivity index (χ4v) is 4.73. The zero-order chi connectivity index (χ0) is 13.3. The molecule has 0 heterocycles. The van der Waals surface area contributed by atoms with Gasteiger partial charge in [0.1, 0.15) is 6.17 Å². The Hall–Kier alpha value is 0.470. The van der Waals surface area contributed by atoms with Crippen LogP contribution in [0.4, 0.5) is 4.39 Å². The fraction of sp³-hybridized carbons (Fsp3) is 1.00. The maximum Gasteiger partial charge on any atom is 0.106 e. The van der Waals surface area contributed by atoms with Gasteiger partial charge < -0.3 is 5.32 Å². The summed E-state index contributed by atoms with van der Waals surface area (Å²) < 4.78 is 14.3. The Bertz CT molecular complexity index is 281. The molecular weight excluding hydrogens is 272 g/mol. The van der Waals surface area contributed by atoms with Crippen LogP contribution in [0.25, 0.3) is 0 Å². The van der Waals surface area contributed by atoms with Crippen LogP contribution in [0.1, 0.15) is 45.4 Å². The molecule has 4 heteroatoms. The average Bonchev–Trinajstić information content (AvgIpc) is 2.77. The summed E-state index contributed by atoms with van der Waals surface area (Å²) in [6, 6.07) is 0.138. The van der Waals surface area contributed by atoms with Crippen LogP contribution in [0.15, 0.2) is 0 Å². The van der Waals surface area contributed by atoms with Gasteiger partial charge in [-0.05, 0) is 38.1 Å². The van der Waals surface area contributed by atoms with Crippen molar-refractivity contribution in [2.45, 2.75) is 68.4 Å². The third kappa shape index (κ3) is 2.66. The van der Waals surface area contributed by atoms with Gasteiger partial charge in [0.2, 0.25) is 0 Å². The average molecular weight is 296 g/mol. The van der Waals surface area contributed by atoms with Crippen molar-refractivity contribution in [1.82, 2.24) is 5.32 Å². The van der Waals surface area contributed by atoms with Crippen LogP contribution in [-0.2, 0) is 0 Å². The van der Waals surface area contributed by atoms with Crippen LogP contribution in [0, 0.1) is 11.3 Å². The molecule has 1 N–H and O–H groups in total. The van der Waals surface area contributed by atoms with Gasteiger partial charge in [-0.25, -0.2) is 4.39 Å². The second-order valence-electron chi connectivity index (χ2n) is 6.26. The van der Waals surface area contributed by atoms with Crippen LogP contribution in [0.3, 0.4) is 0 Å². The molecule has 18 heavy (non-hydrogen) atoms. The predicted molar refractivity (Wildman–Crippen MR) is 76.3 cm³/mol. The van der Waals surface area contributed by atoms with Crippen LogP contribution in [-0.4, -0.2) is 30.0 Å². The van der Waals surface area contributed by atoms with Crippen LogP contribution in [0.2, 0.25) is 0 Å². The zero-order valence-corrected chi connectivity index (χ0v) is 12.8. The van der Waals surface area contributed by atoms with Crippen molar-refractivity contribution < 1.29 is 4.39 Å². The molecule has 0 aromatic heterocycles. The smallest absolute Gasteiger partial charge is 0.106 e. The third-order valence-electron chi connectivity index (χ3n) is 5.04. The molecule has 0 radical (unpaired) electrons. The summed E-state index contributed by atoms with van der Waals surface area (Å²) in [4.78, 5) is 0. The van der Waals surface area contributed by atoms with E-state index in [0.717, 1.165) is 12.8 Å². The first kappa shape index (κ1) is 14.9. The van der Waals surface area contributed by atoms with Crippen LogP contribution >= 0.6 is 23.2 Å². The van der Waals surface area contributed by atoms with E-state index in [2.05, 4.69) is 12.2 Å². The topological polar surface area (TPSA) is 12.0 Å². The van der Waals surface area contributed by atoms with Crippen molar-refractivity contribution in [2.75, 3.05) is 7.05 Å². The normalized spacial score (nSPS) is 41.8. The van der Waals surface area contributed by atoms with Crippen LogP contribution in [0.5, 0.6) is 0 Å². The molecule has 5 atom stereocenters. The van der Waals surface area contributed by atoms with E-state index < -0.39 is 6.17 Å². The lowest BCUT2D eigenvalue weighted by molar-refractivity contribution is 0.0734. The number of rotatable bonds is 3. The summed E-state index contributed by atoms with van der Waals surface area (Å²) in [5, 5.41) is 3.00. The highest BCUT2D eigenvalue weighted by Crippen LogP contribution is 2.47. The van der Waals surface area contributed by atoms with E-state index in [4.69, 9.17) is 23.2 Å². The van der Waals surface area contributed by atoms with Crippen molar-refractivity contribution in [3.8, 4) is 0 Å². The highest BCUT2D eigenvalue weighted by Gasteiger charge is 2.49. The van der Waals surface area contributed by atoms with Crippen molar-refractivity contribution in [3.05, 3.63) is 0 Å². The molecule has 0 aromatic rings. The molecule has 2 fully saturated rings. The Morgan fingerprint density at radius 3 is 2.39 bits per heavy atom. The standard InChI is InChI=1S/C14H24Cl2FN/c1-14(7-3-4-8-14)13(18-2)11-10(17)6-5-9(15)12(11)16/h9-13,18H,3-8H2,1-2H3/t9?,10?,11?,12?,13-/m1/s1. The van der Waals surface area contributed by atoms with Gasteiger partial charge >= 0.3 is 0 Å². The molecule has 106 valence electrons. The molecular formula is C14H24Cl2FN. The molecule has 1 nitrogen and oxygen atoms in total. The van der Waals surface area contributed by atoms with E-state index in [1.807, 2.05) is 7.05 Å². The van der Waals surface area contributed by atoms with Crippen molar-refractivity contribution in [2.24, 2.45) is 11.3 Å². The lowest BCUT2D eigenvalue weighted by atomic mass is 9.69. The van der Waals surface area contributed by atoms with E-state index in [-0.39, 0.29) is 28.1 Å². The van der Waals surface area contributed by atoms with Gasteiger partial charge in [0, 0.05) is 12.0 Å². The SMILES string of the molecule is CN[C@H](C1C(F)CCC(Cl)C1Cl)C1(C)CCCC1.